The fourth-order valence-electron chi connectivity index (χ4n) is 3.85. The van der Waals surface area contributed by atoms with Crippen LogP contribution in [0.2, 0.25) is 0 Å². The summed E-state index contributed by atoms with van der Waals surface area (Å²) in [6, 6.07) is 15.7. The van der Waals surface area contributed by atoms with E-state index < -0.39 is 0 Å². The predicted molar refractivity (Wildman–Crippen MR) is 114 cm³/mol. The molecule has 0 fully saturated rings. The molecule has 1 atom stereocenters. The minimum absolute atomic E-state index is 0.0170. The van der Waals surface area contributed by atoms with Gasteiger partial charge < -0.3 is 15.0 Å². The van der Waals surface area contributed by atoms with E-state index in [1.54, 1.807) is 31.2 Å². The summed E-state index contributed by atoms with van der Waals surface area (Å²) in [5, 5.41) is 2.84. The molecule has 1 aliphatic rings. The molecule has 6 heteroatoms. The van der Waals surface area contributed by atoms with Crippen LogP contribution in [0.5, 0.6) is 5.75 Å². The van der Waals surface area contributed by atoms with Gasteiger partial charge in [-0.3, -0.25) is 14.5 Å². The van der Waals surface area contributed by atoms with Gasteiger partial charge in [0.25, 0.3) is 0 Å². The average Bonchev–Trinajstić information content (AvgIpc) is 2.72. The number of carbonyl (C=O) groups is 2. The van der Waals surface area contributed by atoms with Crippen LogP contribution in [-0.4, -0.2) is 55.9 Å². The van der Waals surface area contributed by atoms with E-state index in [-0.39, 0.29) is 30.9 Å². The Hall–Kier alpha value is -2.86. The van der Waals surface area contributed by atoms with Crippen molar-refractivity contribution in [1.29, 1.82) is 0 Å². The van der Waals surface area contributed by atoms with Crippen LogP contribution in [0.15, 0.2) is 48.5 Å². The molecule has 3 rings (SSSR count). The van der Waals surface area contributed by atoms with Crippen LogP contribution in [0.1, 0.15) is 30.0 Å². The summed E-state index contributed by atoms with van der Waals surface area (Å²) in [6.45, 7) is 0.332. The topological polar surface area (TPSA) is 61.9 Å². The summed E-state index contributed by atoms with van der Waals surface area (Å²) in [5.41, 5.74) is 3.24. The molecule has 0 heterocycles. The number of hydrogen-bond acceptors (Lipinski definition) is 4. The number of rotatable bonds is 7. The summed E-state index contributed by atoms with van der Waals surface area (Å²) in [7, 11) is 5.23. The number of benzene rings is 2. The first-order valence-corrected chi connectivity index (χ1v) is 9.94. The van der Waals surface area contributed by atoms with Crippen molar-refractivity contribution in [1.82, 2.24) is 9.80 Å². The molecular weight excluding hydrogens is 366 g/mol. The van der Waals surface area contributed by atoms with E-state index in [1.165, 1.54) is 11.1 Å². The third kappa shape index (κ3) is 5.35. The van der Waals surface area contributed by atoms with E-state index in [1.807, 2.05) is 30.1 Å². The molecule has 0 aliphatic heterocycles. The second kappa shape index (κ2) is 9.56. The Morgan fingerprint density at radius 1 is 1.10 bits per heavy atom. The van der Waals surface area contributed by atoms with Gasteiger partial charge in [-0.2, -0.15) is 0 Å². The number of ether oxygens (including phenoxy) is 1. The van der Waals surface area contributed by atoms with Crippen LogP contribution in [0.25, 0.3) is 0 Å². The van der Waals surface area contributed by atoms with E-state index in [9.17, 15) is 9.59 Å². The Balaban J connectivity index is 1.54. The molecule has 0 saturated carbocycles. The Morgan fingerprint density at radius 2 is 1.90 bits per heavy atom. The lowest BCUT2D eigenvalue weighted by molar-refractivity contribution is -0.133. The highest BCUT2D eigenvalue weighted by atomic mass is 16.5. The normalized spacial score (nSPS) is 15.5. The third-order valence-corrected chi connectivity index (χ3v) is 5.37. The highest BCUT2D eigenvalue weighted by Crippen LogP contribution is 2.33. The Morgan fingerprint density at radius 3 is 2.69 bits per heavy atom. The zero-order valence-corrected chi connectivity index (χ0v) is 17.4. The van der Waals surface area contributed by atoms with Gasteiger partial charge in [-0.15, -0.1) is 0 Å². The SMILES string of the molecule is COc1cccc(NC(=O)CN(C)CC(=O)N(C)[C@@H]2CCCc3ccccc32)c1. The number of amides is 2. The summed E-state index contributed by atoms with van der Waals surface area (Å²) in [6.07, 6.45) is 3.12. The van der Waals surface area contributed by atoms with Crippen molar-refractivity contribution in [3.63, 3.8) is 0 Å². The van der Waals surface area contributed by atoms with Gasteiger partial charge in [0.15, 0.2) is 0 Å². The van der Waals surface area contributed by atoms with Crippen LogP contribution < -0.4 is 10.1 Å². The van der Waals surface area contributed by atoms with Gasteiger partial charge in [0.1, 0.15) is 5.75 Å². The van der Waals surface area contributed by atoms with Gasteiger partial charge in [-0.1, -0.05) is 30.3 Å². The Kier molecular flexibility index (Phi) is 6.88. The van der Waals surface area contributed by atoms with Crippen molar-refractivity contribution in [2.45, 2.75) is 25.3 Å². The summed E-state index contributed by atoms with van der Waals surface area (Å²) in [4.78, 5) is 28.7. The van der Waals surface area contributed by atoms with Gasteiger partial charge in [-0.05, 0) is 49.6 Å². The number of anilines is 1. The fourth-order valence-corrected chi connectivity index (χ4v) is 3.85. The molecule has 29 heavy (non-hydrogen) atoms. The second-order valence-corrected chi connectivity index (χ2v) is 7.56. The number of fused-ring (bicyclic) bond motifs is 1. The lowest BCUT2D eigenvalue weighted by Gasteiger charge is -2.34. The lowest BCUT2D eigenvalue weighted by Crippen LogP contribution is -2.41. The summed E-state index contributed by atoms with van der Waals surface area (Å²) >= 11 is 0. The molecule has 0 bridgehead atoms. The van der Waals surface area contributed by atoms with Gasteiger partial charge >= 0.3 is 0 Å². The first-order valence-electron chi connectivity index (χ1n) is 9.94. The van der Waals surface area contributed by atoms with Crippen LogP contribution in [0, 0.1) is 0 Å². The van der Waals surface area contributed by atoms with Crippen LogP contribution >= 0.6 is 0 Å². The van der Waals surface area contributed by atoms with Gasteiger partial charge in [-0.25, -0.2) is 0 Å². The molecule has 154 valence electrons. The van der Waals surface area contributed by atoms with Crippen LogP contribution in [0.3, 0.4) is 0 Å². The van der Waals surface area contributed by atoms with Crippen molar-refractivity contribution in [2.24, 2.45) is 0 Å². The smallest absolute Gasteiger partial charge is 0.238 e. The van der Waals surface area contributed by atoms with E-state index in [4.69, 9.17) is 4.74 Å². The zero-order valence-electron chi connectivity index (χ0n) is 17.4. The number of aryl methyl sites for hydroxylation is 1. The number of carbonyl (C=O) groups excluding carboxylic acids is 2. The summed E-state index contributed by atoms with van der Waals surface area (Å²) in [5.74, 6) is 0.531. The van der Waals surface area contributed by atoms with Crippen molar-refractivity contribution < 1.29 is 14.3 Å². The van der Waals surface area contributed by atoms with Crippen molar-refractivity contribution >= 4 is 17.5 Å². The number of hydrogen-bond donors (Lipinski definition) is 1. The maximum Gasteiger partial charge on any atom is 0.238 e. The molecule has 2 aromatic rings. The van der Waals surface area contributed by atoms with Crippen LogP contribution in [0.4, 0.5) is 5.69 Å². The highest BCUT2D eigenvalue weighted by molar-refractivity contribution is 5.92. The molecule has 0 aromatic heterocycles. The predicted octanol–water partition coefficient (Wildman–Crippen LogP) is 3.10. The van der Waals surface area contributed by atoms with E-state index in [0.717, 1.165) is 19.3 Å². The molecule has 1 aliphatic carbocycles. The monoisotopic (exact) mass is 395 g/mol. The largest absolute Gasteiger partial charge is 0.497 e. The first-order chi connectivity index (χ1) is 14.0. The maximum absolute atomic E-state index is 12.8. The molecule has 6 nitrogen and oxygen atoms in total. The van der Waals surface area contributed by atoms with Crippen molar-refractivity contribution in [2.75, 3.05) is 39.6 Å². The molecular formula is C23H29N3O3. The lowest BCUT2D eigenvalue weighted by atomic mass is 9.87. The standard InChI is InChI=1S/C23H29N3O3/c1-25(15-22(27)24-18-10-7-11-19(14-18)29-3)16-23(28)26(2)21-13-6-9-17-8-4-5-12-20(17)21/h4-5,7-8,10-12,14,21H,6,9,13,15-16H2,1-3H3,(H,24,27)/t21-/m1/s1. The third-order valence-electron chi connectivity index (χ3n) is 5.37. The molecule has 0 spiro atoms. The minimum atomic E-state index is -0.167. The Labute approximate surface area is 172 Å². The Bertz CT molecular complexity index is 868. The van der Waals surface area contributed by atoms with E-state index >= 15 is 0 Å². The first kappa shape index (κ1) is 20.9. The minimum Gasteiger partial charge on any atom is -0.497 e. The number of methoxy groups -OCH3 is 1. The molecule has 2 amide bonds. The molecule has 0 saturated heterocycles. The second-order valence-electron chi connectivity index (χ2n) is 7.56. The van der Waals surface area contributed by atoms with Crippen LogP contribution in [-0.2, 0) is 16.0 Å². The quantitative estimate of drug-likeness (QED) is 0.783. The molecule has 1 N–H and O–H groups in total. The van der Waals surface area contributed by atoms with Gasteiger partial charge in [0.05, 0.1) is 26.2 Å². The van der Waals surface area contributed by atoms with Crippen molar-refractivity contribution in [3.05, 3.63) is 59.7 Å². The summed E-state index contributed by atoms with van der Waals surface area (Å²) < 4.78 is 5.17. The fraction of sp³-hybridized carbons (Fsp3) is 0.391. The number of nitrogens with zero attached hydrogens (tertiary/aromatic N) is 2. The zero-order chi connectivity index (χ0) is 20.8. The molecule has 2 aromatic carbocycles. The van der Waals surface area contributed by atoms with Crippen molar-refractivity contribution in [3.8, 4) is 5.75 Å². The van der Waals surface area contributed by atoms with Gasteiger partial charge in [0.2, 0.25) is 11.8 Å². The van der Waals surface area contributed by atoms with E-state index in [2.05, 4.69) is 23.5 Å². The van der Waals surface area contributed by atoms with Gasteiger partial charge in [0, 0.05) is 18.8 Å². The maximum atomic E-state index is 12.8. The highest BCUT2D eigenvalue weighted by Gasteiger charge is 2.27. The number of likely N-dealkylation sites (N-methyl/N-ethyl adjacent to an activating group) is 2. The molecule has 0 unspecified atom stereocenters. The number of nitrogens with one attached hydrogen (secondary N) is 1. The average molecular weight is 396 g/mol. The van der Waals surface area contributed by atoms with E-state index in [0.29, 0.717) is 11.4 Å². The molecule has 0 radical (unpaired) electrons.